The van der Waals surface area contributed by atoms with Crippen molar-refractivity contribution in [1.29, 1.82) is 0 Å². The lowest BCUT2D eigenvalue weighted by Crippen LogP contribution is -2.48. The molecule has 0 unspecified atom stereocenters. The van der Waals surface area contributed by atoms with E-state index in [0.29, 0.717) is 16.3 Å². The third-order valence-corrected chi connectivity index (χ3v) is 4.18. The van der Waals surface area contributed by atoms with Crippen LogP contribution in [0.5, 0.6) is 5.75 Å². The minimum absolute atomic E-state index is 0.152. The number of nitrogens with one attached hydrogen (secondary N) is 1. The van der Waals surface area contributed by atoms with Crippen LogP contribution in [0.25, 0.3) is 0 Å². The van der Waals surface area contributed by atoms with E-state index < -0.39 is 6.04 Å². The molecule has 0 saturated heterocycles. The number of ether oxygens (including phenoxy) is 1. The third-order valence-electron chi connectivity index (χ3n) is 3.87. The van der Waals surface area contributed by atoms with E-state index in [1.807, 2.05) is 0 Å². The zero-order chi connectivity index (χ0) is 19.1. The molecule has 2 aromatic rings. The van der Waals surface area contributed by atoms with Gasteiger partial charge >= 0.3 is 0 Å². The Balaban J connectivity index is 2.13. The number of para-hydroxylation sites is 1. The van der Waals surface area contributed by atoms with Crippen molar-refractivity contribution in [3.05, 3.63) is 64.9 Å². The number of amides is 2. The predicted octanol–water partition coefficient (Wildman–Crippen LogP) is 3.02. The van der Waals surface area contributed by atoms with Crippen LogP contribution in [-0.2, 0) is 16.1 Å². The smallest absolute Gasteiger partial charge is 0.261 e. The van der Waals surface area contributed by atoms with E-state index in [9.17, 15) is 14.0 Å². The first-order valence-electron chi connectivity index (χ1n) is 8.05. The van der Waals surface area contributed by atoms with Crippen molar-refractivity contribution in [3.63, 3.8) is 0 Å². The number of benzene rings is 2. The van der Waals surface area contributed by atoms with Gasteiger partial charge < -0.3 is 15.0 Å². The van der Waals surface area contributed by atoms with Gasteiger partial charge in [0.2, 0.25) is 5.91 Å². The Kier molecular flexibility index (Phi) is 6.97. The van der Waals surface area contributed by atoms with Crippen molar-refractivity contribution in [2.45, 2.75) is 19.5 Å². The molecule has 1 atom stereocenters. The fourth-order valence-corrected chi connectivity index (χ4v) is 2.55. The second-order valence-corrected chi connectivity index (χ2v) is 6.06. The van der Waals surface area contributed by atoms with E-state index in [-0.39, 0.29) is 30.8 Å². The predicted molar refractivity (Wildman–Crippen MR) is 97.4 cm³/mol. The summed E-state index contributed by atoms with van der Waals surface area (Å²) >= 11 is 6.02. The Hall–Kier alpha value is -2.60. The number of hydrogen-bond acceptors (Lipinski definition) is 3. The zero-order valence-corrected chi connectivity index (χ0v) is 15.3. The van der Waals surface area contributed by atoms with Crippen molar-refractivity contribution in [1.82, 2.24) is 10.2 Å². The molecule has 0 heterocycles. The van der Waals surface area contributed by atoms with Crippen LogP contribution in [-0.4, -0.2) is 36.4 Å². The maximum atomic E-state index is 13.1. The number of nitrogens with zero attached hydrogens (tertiary/aromatic N) is 1. The maximum Gasteiger partial charge on any atom is 0.261 e. The molecule has 5 nitrogen and oxygen atoms in total. The van der Waals surface area contributed by atoms with Gasteiger partial charge in [-0.1, -0.05) is 35.9 Å². The van der Waals surface area contributed by atoms with Gasteiger partial charge in [0.1, 0.15) is 17.6 Å². The Morgan fingerprint density at radius 3 is 2.46 bits per heavy atom. The van der Waals surface area contributed by atoms with Crippen LogP contribution in [0.3, 0.4) is 0 Å². The fourth-order valence-electron chi connectivity index (χ4n) is 2.36. The highest BCUT2D eigenvalue weighted by Gasteiger charge is 2.26. The number of carbonyl (C=O) groups excluding carboxylic acids is 2. The minimum Gasteiger partial charge on any atom is -0.482 e. The SMILES string of the molecule is CNC(=O)[C@H](C)N(Cc1ccc(F)cc1)C(=O)COc1ccccc1Cl. The highest BCUT2D eigenvalue weighted by Crippen LogP contribution is 2.23. The highest BCUT2D eigenvalue weighted by atomic mass is 35.5. The normalized spacial score (nSPS) is 11.5. The van der Waals surface area contributed by atoms with E-state index in [1.165, 1.54) is 24.1 Å². The molecule has 138 valence electrons. The van der Waals surface area contributed by atoms with Gasteiger partial charge in [0, 0.05) is 13.6 Å². The van der Waals surface area contributed by atoms with Crippen LogP contribution in [0.2, 0.25) is 5.02 Å². The molecule has 0 saturated carbocycles. The van der Waals surface area contributed by atoms with Gasteiger partial charge in [0.15, 0.2) is 6.61 Å². The zero-order valence-electron chi connectivity index (χ0n) is 14.5. The summed E-state index contributed by atoms with van der Waals surface area (Å²) in [6.45, 7) is 1.50. The average molecular weight is 379 g/mol. The molecular formula is C19H20ClFN2O3. The quantitative estimate of drug-likeness (QED) is 0.805. The lowest BCUT2D eigenvalue weighted by molar-refractivity contribution is -0.142. The summed E-state index contributed by atoms with van der Waals surface area (Å²) < 4.78 is 18.6. The summed E-state index contributed by atoms with van der Waals surface area (Å²) in [5.41, 5.74) is 0.702. The molecule has 2 amide bonds. The van der Waals surface area contributed by atoms with E-state index in [4.69, 9.17) is 16.3 Å². The molecule has 0 bridgehead atoms. The third kappa shape index (κ3) is 5.20. The number of likely N-dealkylation sites (N-methyl/N-ethyl adjacent to an activating group) is 1. The first-order valence-corrected chi connectivity index (χ1v) is 8.43. The molecule has 2 aromatic carbocycles. The van der Waals surface area contributed by atoms with Crippen molar-refractivity contribution in [3.8, 4) is 5.75 Å². The molecule has 0 aliphatic carbocycles. The molecule has 26 heavy (non-hydrogen) atoms. The van der Waals surface area contributed by atoms with E-state index >= 15 is 0 Å². The Labute approximate surface area is 156 Å². The largest absolute Gasteiger partial charge is 0.482 e. The minimum atomic E-state index is -0.715. The molecule has 0 aliphatic heterocycles. The Morgan fingerprint density at radius 1 is 1.19 bits per heavy atom. The van der Waals surface area contributed by atoms with E-state index in [1.54, 1.807) is 43.3 Å². The first-order chi connectivity index (χ1) is 12.4. The van der Waals surface area contributed by atoms with E-state index in [0.717, 1.165) is 0 Å². The molecule has 2 rings (SSSR count). The second kappa shape index (κ2) is 9.20. The molecule has 0 aliphatic rings. The molecule has 0 aromatic heterocycles. The van der Waals surface area contributed by atoms with Gasteiger partial charge in [-0.05, 0) is 36.8 Å². The van der Waals surface area contributed by atoms with Gasteiger partial charge in [-0.2, -0.15) is 0 Å². The second-order valence-electron chi connectivity index (χ2n) is 5.66. The first kappa shape index (κ1) is 19.7. The lowest BCUT2D eigenvalue weighted by atomic mass is 10.1. The summed E-state index contributed by atoms with van der Waals surface area (Å²) in [6, 6.07) is 11.9. The molecule has 0 spiro atoms. The molecule has 0 radical (unpaired) electrons. The van der Waals surface area contributed by atoms with Gasteiger partial charge in [-0.3, -0.25) is 9.59 Å². The highest BCUT2D eigenvalue weighted by molar-refractivity contribution is 6.32. The number of rotatable bonds is 7. The standard InChI is InChI=1S/C19H20ClFN2O3/c1-13(19(25)22-2)23(11-14-7-9-15(21)10-8-14)18(24)12-26-17-6-4-3-5-16(17)20/h3-10,13H,11-12H2,1-2H3,(H,22,25)/t13-/m0/s1. The van der Waals surface area contributed by atoms with Crippen LogP contribution >= 0.6 is 11.6 Å². The van der Waals surface area contributed by atoms with Crippen molar-refractivity contribution >= 4 is 23.4 Å². The van der Waals surface area contributed by atoms with Crippen LogP contribution in [0.15, 0.2) is 48.5 Å². The van der Waals surface area contributed by atoms with Gasteiger partial charge in [-0.15, -0.1) is 0 Å². The summed E-state index contributed by atoms with van der Waals surface area (Å²) in [4.78, 5) is 26.0. The average Bonchev–Trinajstić information content (AvgIpc) is 2.65. The monoisotopic (exact) mass is 378 g/mol. The summed E-state index contributed by atoms with van der Waals surface area (Å²) in [7, 11) is 1.50. The van der Waals surface area contributed by atoms with Gasteiger partial charge in [-0.25, -0.2) is 4.39 Å². The summed E-state index contributed by atoms with van der Waals surface area (Å²) in [6.07, 6.45) is 0. The van der Waals surface area contributed by atoms with Crippen LogP contribution in [0.1, 0.15) is 12.5 Å². The van der Waals surface area contributed by atoms with Crippen molar-refractivity contribution in [2.24, 2.45) is 0 Å². The van der Waals surface area contributed by atoms with Crippen molar-refractivity contribution < 1.29 is 18.7 Å². The van der Waals surface area contributed by atoms with Crippen LogP contribution < -0.4 is 10.1 Å². The Morgan fingerprint density at radius 2 is 1.85 bits per heavy atom. The van der Waals surface area contributed by atoms with E-state index in [2.05, 4.69) is 5.32 Å². The Bertz CT molecular complexity index is 768. The van der Waals surface area contributed by atoms with Crippen LogP contribution in [0, 0.1) is 5.82 Å². The number of carbonyl (C=O) groups is 2. The van der Waals surface area contributed by atoms with Crippen LogP contribution in [0.4, 0.5) is 4.39 Å². The molecule has 7 heteroatoms. The topological polar surface area (TPSA) is 58.6 Å². The summed E-state index contributed by atoms with van der Waals surface area (Å²) in [5, 5.41) is 2.92. The number of halogens is 2. The molecule has 1 N–H and O–H groups in total. The molecular weight excluding hydrogens is 359 g/mol. The lowest BCUT2D eigenvalue weighted by Gasteiger charge is -2.28. The van der Waals surface area contributed by atoms with Gasteiger partial charge in [0.05, 0.1) is 5.02 Å². The fraction of sp³-hybridized carbons (Fsp3) is 0.263. The van der Waals surface area contributed by atoms with Crippen molar-refractivity contribution in [2.75, 3.05) is 13.7 Å². The number of hydrogen-bond donors (Lipinski definition) is 1. The van der Waals surface area contributed by atoms with Gasteiger partial charge in [0.25, 0.3) is 5.91 Å². The maximum absolute atomic E-state index is 13.1. The summed E-state index contributed by atoms with van der Waals surface area (Å²) in [5.74, 6) is -0.673. The molecule has 0 fully saturated rings.